The van der Waals surface area contributed by atoms with Gasteiger partial charge >= 0.3 is 0 Å². The van der Waals surface area contributed by atoms with Gasteiger partial charge in [-0.1, -0.05) is 17.4 Å². The zero-order valence-corrected chi connectivity index (χ0v) is 19.1. The number of benzene rings is 2. The van der Waals surface area contributed by atoms with E-state index in [2.05, 4.69) is 15.6 Å². The number of amides is 2. The van der Waals surface area contributed by atoms with Gasteiger partial charge < -0.3 is 19.8 Å². The molecule has 4 rings (SSSR count). The Hall–Kier alpha value is -3.30. The molecule has 2 heterocycles. The highest BCUT2D eigenvalue weighted by atomic mass is 32.2. The standard InChI is InChI=1S/C23H21N3O4S2/c1-3-29-16-9-10-18-20(13-16)32-23(25-18)26-21(27)14(2)31-17-7-4-6-15(12-17)24-22(28)19-8-5-11-30-19/h4-14H,3H2,1-2H3,(H,24,28)(H,25,26,27). The van der Waals surface area contributed by atoms with Crippen LogP contribution < -0.4 is 15.4 Å². The molecule has 164 valence electrons. The molecule has 0 bridgehead atoms. The first-order valence-corrected chi connectivity index (χ1v) is 11.7. The van der Waals surface area contributed by atoms with Gasteiger partial charge in [0.1, 0.15) is 5.75 Å². The Morgan fingerprint density at radius 1 is 1.16 bits per heavy atom. The summed E-state index contributed by atoms with van der Waals surface area (Å²) in [4.78, 5) is 30.2. The minimum atomic E-state index is -0.364. The Labute approximate surface area is 193 Å². The summed E-state index contributed by atoms with van der Waals surface area (Å²) in [7, 11) is 0. The second-order valence-electron chi connectivity index (χ2n) is 6.79. The average molecular weight is 468 g/mol. The van der Waals surface area contributed by atoms with Gasteiger partial charge in [-0.05, 0) is 62.4 Å². The lowest BCUT2D eigenvalue weighted by atomic mass is 10.3. The minimum Gasteiger partial charge on any atom is -0.494 e. The van der Waals surface area contributed by atoms with Crippen LogP contribution in [0.3, 0.4) is 0 Å². The molecule has 2 aromatic heterocycles. The molecule has 4 aromatic rings. The molecule has 2 aromatic carbocycles. The summed E-state index contributed by atoms with van der Waals surface area (Å²) in [6, 6.07) is 16.3. The zero-order chi connectivity index (χ0) is 22.5. The van der Waals surface area contributed by atoms with E-state index < -0.39 is 0 Å². The van der Waals surface area contributed by atoms with Gasteiger partial charge in [-0.3, -0.25) is 9.59 Å². The van der Waals surface area contributed by atoms with Crippen molar-refractivity contribution in [2.24, 2.45) is 0 Å². The molecule has 0 saturated carbocycles. The van der Waals surface area contributed by atoms with Crippen molar-refractivity contribution in [3.63, 3.8) is 0 Å². The van der Waals surface area contributed by atoms with E-state index in [4.69, 9.17) is 9.15 Å². The van der Waals surface area contributed by atoms with E-state index in [9.17, 15) is 9.59 Å². The van der Waals surface area contributed by atoms with E-state index in [1.165, 1.54) is 29.4 Å². The number of furan rings is 1. The fourth-order valence-electron chi connectivity index (χ4n) is 2.93. The third kappa shape index (κ3) is 5.30. The van der Waals surface area contributed by atoms with Crippen LogP contribution in [0.25, 0.3) is 10.2 Å². The van der Waals surface area contributed by atoms with Crippen molar-refractivity contribution in [2.75, 3.05) is 17.2 Å². The largest absolute Gasteiger partial charge is 0.494 e. The van der Waals surface area contributed by atoms with Gasteiger partial charge in [0.15, 0.2) is 10.9 Å². The Kier molecular flexibility index (Phi) is 6.77. The molecule has 0 spiro atoms. The van der Waals surface area contributed by atoms with Crippen LogP contribution in [0.15, 0.2) is 70.2 Å². The normalized spacial score (nSPS) is 11.8. The quantitative estimate of drug-likeness (QED) is 0.325. The first-order valence-electron chi connectivity index (χ1n) is 9.97. The predicted octanol–water partition coefficient (Wildman–Crippen LogP) is 5.66. The second-order valence-corrected chi connectivity index (χ2v) is 9.24. The zero-order valence-electron chi connectivity index (χ0n) is 17.5. The third-order valence-corrected chi connectivity index (χ3v) is 6.45. The van der Waals surface area contributed by atoms with Crippen molar-refractivity contribution in [1.29, 1.82) is 0 Å². The van der Waals surface area contributed by atoms with E-state index in [-0.39, 0.29) is 22.8 Å². The van der Waals surface area contributed by atoms with Crippen molar-refractivity contribution in [3.8, 4) is 5.75 Å². The number of rotatable bonds is 8. The van der Waals surface area contributed by atoms with Crippen LogP contribution in [0.5, 0.6) is 5.75 Å². The number of carbonyl (C=O) groups excluding carboxylic acids is 2. The predicted molar refractivity (Wildman–Crippen MR) is 128 cm³/mol. The number of nitrogens with zero attached hydrogens (tertiary/aromatic N) is 1. The summed E-state index contributed by atoms with van der Waals surface area (Å²) >= 11 is 2.80. The number of ether oxygens (including phenoxy) is 1. The molecule has 9 heteroatoms. The Balaban J connectivity index is 1.38. The topological polar surface area (TPSA) is 93.5 Å². The minimum absolute atomic E-state index is 0.149. The summed E-state index contributed by atoms with van der Waals surface area (Å²) < 4.78 is 11.6. The molecule has 2 amide bonds. The molecule has 0 aliphatic carbocycles. The Morgan fingerprint density at radius 3 is 2.81 bits per heavy atom. The van der Waals surface area contributed by atoms with Gasteiger partial charge in [-0.15, -0.1) is 11.8 Å². The van der Waals surface area contributed by atoms with E-state index >= 15 is 0 Å². The molecule has 0 radical (unpaired) electrons. The number of nitrogens with one attached hydrogen (secondary N) is 2. The van der Waals surface area contributed by atoms with Crippen molar-refractivity contribution in [3.05, 3.63) is 66.6 Å². The van der Waals surface area contributed by atoms with E-state index in [0.717, 1.165) is 20.9 Å². The fraction of sp³-hybridized carbons (Fsp3) is 0.174. The third-order valence-electron chi connectivity index (χ3n) is 4.42. The molecule has 1 unspecified atom stereocenters. The number of thioether (sulfide) groups is 1. The summed E-state index contributed by atoms with van der Waals surface area (Å²) in [5.74, 6) is 0.542. The molecule has 0 fully saturated rings. The van der Waals surface area contributed by atoms with E-state index in [1.54, 1.807) is 18.2 Å². The van der Waals surface area contributed by atoms with Crippen molar-refractivity contribution < 1.29 is 18.7 Å². The van der Waals surface area contributed by atoms with Gasteiger partial charge in [-0.25, -0.2) is 4.98 Å². The van der Waals surface area contributed by atoms with Crippen molar-refractivity contribution >= 4 is 55.9 Å². The molecular weight excluding hydrogens is 446 g/mol. The second kappa shape index (κ2) is 9.88. The summed E-state index contributed by atoms with van der Waals surface area (Å²) in [5.41, 5.74) is 1.44. The SMILES string of the molecule is CCOc1ccc2nc(NC(=O)C(C)Sc3cccc(NC(=O)c4ccco4)c3)sc2c1. The first kappa shape index (κ1) is 21.9. The van der Waals surface area contributed by atoms with Crippen molar-refractivity contribution in [2.45, 2.75) is 24.0 Å². The monoisotopic (exact) mass is 467 g/mol. The number of hydrogen-bond donors (Lipinski definition) is 2. The molecule has 1 atom stereocenters. The molecule has 0 aliphatic heterocycles. The Bertz CT molecular complexity index is 1240. The highest BCUT2D eigenvalue weighted by molar-refractivity contribution is 8.00. The molecule has 7 nitrogen and oxygen atoms in total. The lowest BCUT2D eigenvalue weighted by Gasteiger charge is -2.11. The number of fused-ring (bicyclic) bond motifs is 1. The number of hydrogen-bond acceptors (Lipinski definition) is 7. The maximum Gasteiger partial charge on any atom is 0.291 e. The number of thiazole rings is 1. The van der Waals surface area contributed by atoms with Gasteiger partial charge in [0.25, 0.3) is 5.91 Å². The molecular formula is C23H21N3O4S2. The highest BCUT2D eigenvalue weighted by Gasteiger charge is 2.17. The summed E-state index contributed by atoms with van der Waals surface area (Å²) in [5, 5.41) is 5.87. The molecule has 2 N–H and O–H groups in total. The number of carbonyl (C=O) groups is 2. The van der Waals surface area contributed by atoms with Gasteiger partial charge in [0.2, 0.25) is 5.91 Å². The smallest absolute Gasteiger partial charge is 0.291 e. The van der Waals surface area contributed by atoms with Crippen LogP contribution in [-0.2, 0) is 4.79 Å². The fourth-order valence-corrected chi connectivity index (χ4v) is 4.75. The number of anilines is 2. The maximum atomic E-state index is 12.7. The van der Waals surface area contributed by atoms with Crippen molar-refractivity contribution in [1.82, 2.24) is 4.98 Å². The summed E-state index contributed by atoms with van der Waals surface area (Å²) in [6.45, 7) is 4.36. The van der Waals surface area contributed by atoms with Gasteiger partial charge in [0, 0.05) is 10.6 Å². The highest BCUT2D eigenvalue weighted by Crippen LogP contribution is 2.31. The lowest BCUT2D eigenvalue weighted by molar-refractivity contribution is -0.115. The van der Waals surface area contributed by atoms with Crippen LogP contribution >= 0.6 is 23.1 Å². The molecule has 0 saturated heterocycles. The van der Waals surface area contributed by atoms with Crippen LogP contribution in [0.1, 0.15) is 24.4 Å². The van der Waals surface area contributed by atoms with Crippen LogP contribution in [0.2, 0.25) is 0 Å². The van der Waals surface area contributed by atoms with Gasteiger partial charge in [0.05, 0.1) is 28.3 Å². The number of aromatic nitrogens is 1. The van der Waals surface area contributed by atoms with Crippen LogP contribution in [-0.4, -0.2) is 28.7 Å². The lowest BCUT2D eigenvalue weighted by Crippen LogP contribution is -2.22. The average Bonchev–Trinajstić information content (AvgIpc) is 3.43. The molecule has 0 aliphatic rings. The first-order chi connectivity index (χ1) is 15.5. The summed E-state index contributed by atoms with van der Waals surface area (Å²) in [6.07, 6.45) is 1.45. The Morgan fingerprint density at radius 2 is 2.03 bits per heavy atom. The van der Waals surface area contributed by atoms with Crippen LogP contribution in [0, 0.1) is 0 Å². The van der Waals surface area contributed by atoms with Crippen LogP contribution in [0.4, 0.5) is 10.8 Å². The van der Waals surface area contributed by atoms with Gasteiger partial charge in [-0.2, -0.15) is 0 Å². The van der Waals surface area contributed by atoms with E-state index in [0.29, 0.717) is 17.4 Å². The van der Waals surface area contributed by atoms with E-state index in [1.807, 2.05) is 50.2 Å². The maximum absolute atomic E-state index is 12.7. The molecule has 32 heavy (non-hydrogen) atoms.